The van der Waals surface area contributed by atoms with Crippen LogP contribution in [0.5, 0.6) is 11.5 Å². The van der Waals surface area contributed by atoms with Crippen molar-refractivity contribution in [2.45, 2.75) is 24.9 Å². The van der Waals surface area contributed by atoms with Crippen molar-refractivity contribution in [2.75, 3.05) is 7.11 Å². The number of ether oxygens (including phenoxy) is 1. The summed E-state index contributed by atoms with van der Waals surface area (Å²) in [7, 11) is 1.54. The normalized spacial score (nSPS) is 25.7. The maximum atomic E-state index is 13.6. The molecule has 1 unspecified atom stereocenters. The van der Waals surface area contributed by atoms with Crippen molar-refractivity contribution in [1.82, 2.24) is 0 Å². The van der Waals surface area contributed by atoms with Crippen molar-refractivity contribution in [2.24, 2.45) is 17.6 Å². The van der Waals surface area contributed by atoms with Crippen LogP contribution in [-0.4, -0.2) is 50.6 Å². The number of aliphatic hydroxyl groups is 3. The van der Waals surface area contributed by atoms with Crippen LogP contribution in [0, 0.1) is 11.8 Å². The van der Waals surface area contributed by atoms with E-state index in [1.807, 2.05) is 6.07 Å². The molecular weight excluding hydrogens is 454 g/mol. The fraction of sp³-hybridized carbons (Fsp3) is 0.269. The molecule has 2 aromatic rings. The summed E-state index contributed by atoms with van der Waals surface area (Å²) < 4.78 is 5.30. The quantitative estimate of drug-likeness (QED) is 0.420. The number of amides is 1. The first-order valence-corrected chi connectivity index (χ1v) is 11.1. The number of Topliss-reactive ketones (excluding diaryl/α,β-unsaturated/α-hetero) is 2. The first kappa shape index (κ1) is 22.7. The zero-order valence-corrected chi connectivity index (χ0v) is 18.7. The Morgan fingerprint density at radius 1 is 1.11 bits per heavy atom. The van der Waals surface area contributed by atoms with Gasteiger partial charge in [0.2, 0.25) is 5.78 Å². The lowest BCUT2D eigenvalue weighted by Crippen LogP contribution is -2.57. The number of allylic oxidation sites excluding steroid dienone is 2. The highest BCUT2D eigenvalue weighted by atomic mass is 16.5. The molecule has 180 valence electrons. The molecule has 0 bridgehead atoms. The molecule has 6 N–H and O–H groups in total. The predicted molar refractivity (Wildman–Crippen MR) is 123 cm³/mol. The maximum absolute atomic E-state index is 13.6. The number of phenolic OH excluding ortho intramolecular Hbond substituents is 1. The average Bonchev–Trinajstić information content (AvgIpc) is 2.81. The van der Waals surface area contributed by atoms with Gasteiger partial charge in [-0.25, -0.2) is 0 Å². The van der Waals surface area contributed by atoms with E-state index in [9.17, 15) is 34.8 Å². The average molecular weight is 477 g/mol. The summed E-state index contributed by atoms with van der Waals surface area (Å²) >= 11 is 0. The Kier molecular flexibility index (Phi) is 4.99. The van der Waals surface area contributed by atoms with Crippen molar-refractivity contribution < 1.29 is 39.5 Å². The summed E-state index contributed by atoms with van der Waals surface area (Å²) in [6.07, 6.45) is 0.0453. The standard InChI is InChI=1S/C26H23NO8/c1-35-14-4-2-3-11(8-14)15-5-6-17(28)20-16(15)9-12-7-13-10-18(29)21(25(27)33)24(32)26(13,34)23(31)19(12)22(20)30/h2-6,8,12-13,28-29,31,34H,7,9-10H2,1H3,(H2,27,33)/t12-,13+,26?/m1/s1. The molecule has 0 aromatic heterocycles. The number of hydrogen-bond acceptors (Lipinski definition) is 8. The molecular formula is C26H23NO8. The smallest absolute Gasteiger partial charge is 0.255 e. The van der Waals surface area contributed by atoms with E-state index in [-0.39, 0.29) is 36.1 Å². The Labute approximate surface area is 199 Å². The Morgan fingerprint density at radius 3 is 2.54 bits per heavy atom. The van der Waals surface area contributed by atoms with E-state index in [1.165, 1.54) is 13.2 Å². The number of hydrogen-bond donors (Lipinski definition) is 5. The van der Waals surface area contributed by atoms with E-state index >= 15 is 0 Å². The molecule has 0 radical (unpaired) electrons. The van der Waals surface area contributed by atoms with E-state index in [1.54, 1.807) is 24.3 Å². The lowest BCUT2D eigenvalue weighted by atomic mass is 9.60. The van der Waals surface area contributed by atoms with Crippen LogP contribution < -0.4 is 10.5 Å². The number of carbonyl (C=O) groups excluding carboxylic acids is 3. The van der Waals surface area contributed by atoms with E-state index < -0.39 is 52.0 Å². The second kappa shape index (κ2) is 7.71. The van der Waals surface area contributed by atoms with E-state index in [0.29, 0.717) is 16.9 Å². The van der Waals surface area contributed by atoms with Gasteiger partial charge in [-0.15, -0.1) is 0 Å². The second-order valence-electron chi connectivity index (χ2n) is 9.13. The molecule has 0 saturated carbocycles. The molecule has 0 saturated heterocycles. The topological polar surface area (TPSA) is 167 Å². The molecule has 5 rings (SSSR count). The van der Waals surface area contributed by atoms with Gasteiger partial charge in [0.25, 0.3) is 5.91 Å². The van der Waals surface area contributed by atoms with E-state index in [0.717, 1.165) is 5.56 Å². The van der Waals surface area contributed by atoms with Gasteiger partial charge in [-0.2, -0.15) is 0 Å². The molecule has 0 fully saturated rings. The van der Waals surface area contributed by atoms with E-state index in [2.05, 4.69) is 0 Å². The van der Waals surface area contributed by atoms with Crippen molar-refractivity contribution in [3.8, 4) is 22.6 Å². The van der Waals surface area contributed by atoms with Crippen molar-refractivity contribution in [3.63, 3.8) is 0 Å². The van der Waals surface area contributed by atoms with Gasteiger partial charge in [-0.05, 0) is 53.6 Å². The number of aromatic hydroxyl groups is 1. The zero-order chi connectivity index (χ0) is 25.2. The summed E-state index contributed by atoms with van der Waals surface area (Å²) in [6.45, 7) is 0. The number of aliphatic hydroxyl groups excluding tert-OH is 2. The van der Waals surface area contributed by atoms with Crippen LogP contribution in [0.15, 0.2) is 59.1 Å². The molecule has 9 nitrogen and oxygen atoms in total. The SMILES string of the molecule is COc1cccc(-c2ccc(O)c3c2C[C@H]2C[C@H]4CC(O)=C(C(N)=O)C(=O)C4(O)C(O)=C2C3=O)c1. The minimum absolute atomic E-state index is 0.0260. The predicted octanol–water partition coefficient (Wildman–Crippen LogP) is 2.26. The zero-order valence-electron chi connectivity index (χ0n) is 18.7. The molecule has 3 atom stereocenters. The third-order valence-electron chi connectivity index (χ3n) is 7.33. The minimum atomic E-state index is -2.57. The molecule has 0 aliphatic heterocycles. The molecule has 35 heavy (non-hydrogen) atoms. The van der Waals surface area contributed by atoms with Gasteiger partial charge in [-0.3, -0.25) is 14.4 Å². The minimum Gasteiger partial charge on any atom is -0.511 e. The number of nitrogens with two attached hydrogens (primary N) is 1. The van der Waals surface area contributed by atoms with Crippen LogP contribution >= 0.6 is 0 Å². The third kappa shape index (κ3) is 3.08. The Balaban J connectivity index is 1.68. The van der Waals surface area contributed by atoms with Crippen LogP contribution in [-0.2, 0) is 16.0 Å². The van der Waals surface area contributed by atoms with Gasteiger partial charge in [0.15, 0.2) is 11.4 Å². The number of ketones is 2. The van der Waals surface area contributed by atoms with Crippen LogP contribution in [0.25, 0.3) is 11.1 Å². The van der Waals surface area contributed by atoms with Crippen LogP contribution in [0.2, 0.25) is 0 Å². The molecule has 2 aromatic carbocycles. The number of methoxy groups -OCH3 is 1. The van der Waals surface area contributed by atoms with Crippen LogP contribution in [0.3, 0.4) is 0 Å². The molecule has 0 heterocycles. The number of phenols is 1. The number of benzene rings is 2. The van der Waals surface area contributed by atoms with Gasteiger partial charge < -0.3 is 30.9 Å². The Hall–Kier alpha value is -4.11. The number of primary amides is 1. The number of rotatable bonds is 3. The number of fused-ring (bicyclic) bond motifs is 3. The van der Waals surface area contributed by atoms with Gasteiger partial charge >= 0.3 is 0 Å². The van der Waals surface area contributed by atoms with Gasteiger partial charge in [0.05, 0.1) is 12.7 Å². The van der Waals surface area contributed by atoms with Crippen molar-refractivity contribution >= 4 is 17.5 Å². The third-order valence-corrected chi connectivity index (χ3v) is 7.33. The highest BCUT2D eigenvalue weighted by Crippen LogP contribution is 2.52. The largest absolute Gasteiger partial charge is 0.511 e. The fourth-order valence-electron chi connectivity index (χ4n) is 5.68. The van der Waals surface area contributed by atoms with E-state index in [4.69, 9.17) is 10.5 Å². The van der Waals surface area contributed by atoms with Crippen LogP contribution in [0.1, 0.15) is 28.8 Å². The maximum Gasteiger partial charge on any atom is 0.255 e. The summed E-state index contributed by atoms with van der Waals surface area (Å²) in [5.74, 6) is -5.86. The molecule has 1 amide bonds. The summed E-state index contributed by atoms with van der Waals surface area (Å²) in [5, 5.41) is 43.2. The molecule has 3 aliphatic carbocycles. The van der Waals surface area contributed by atoms with Crippen LogP contribution in [0.4, 0.5) is 0 Å². The first-order chi connectivity index (χ1) is 16.6. The highest BCUT2D eigenvalue weighted by molar-refractivity contribution is 6.24. The lowest BCUT2D eigenvalue weighted by molar-refractivity contribution is -0.144. The van der Waals surface area contributed by atoms with Gasteiger partial charge in [0, 0.05) is 17.9 Å². The monoisotopic (exact) mass is 477 g/mol. The molecule has 3 aliphatic rings. The number of carbonyl (C=O) groups is 3. The first-order valence-electron chi connectivity index (χ1n) is 11.1. The highest BCUT2D eigenvalue weighted by Gasteiger charge is 2.59. The van der Waals surface area contributed by atoms with Gasteiger partial charge in [0.1, 0.15) is 28.6 Å². The summed E-state index contributed by atoms with van der Waals surface area (Å²) in [6, 6.07) is 10.3. The Morgan fingerprint density at radius 2 is 1.86 bits per heavy atom. The Bertz CT molecular complexity index is 1390. The van der Waals surface area contributed by atoms with Gasteiger partial charge in [-0.1, -0.05) is 18.2 Å². The summed E-state index contributed by atoms with van der Waals surface area (Å²) in [5.41, 5.74) is 3.66. The van der Waals surface area contributed by atoms with Crippen molar-refractivity contribution in [1.29, 1.82) is 0 Å². The molecule has 9 heteroatoms. The molecule has 0 spiro atoms. The summed E-state index contributed by atoms with van der Waals surface area (Å²) in [4.78, 5) is 38.4. The van der Waals surface area contributed by atoms with Crippen molar-refractivity contribution in [3.05, 3.63) is 70.2 Å². The second-order valence-corrected chi connectivity index (χ2v) is 9.13. The fourth-order valence-corrected chi connectivity index (χ4v) is 5.68. The lowest BCUT2D eigenvalue weighted by Gasteiger charge is -2.45.